The minimum Gasteiger partial charge on any atom is -0.349 e. The van der Waals surface area contributed by atoms with Gasteiger partial charge in [0.1, 0.15) is 0 Å². The number of anilines is 2. The van der Waals surface area contributed by atoms with Gasteiger partial charge in [-0.15, -0.1) is 21.5 Å². The molecule has 2 amide bonds. The summed E-state index contributed by atoms with van der Waals surface area (Å²) in [6.45, 7) is 2.16. The molecule has 180 valence electrons. The number of carbonyl (C=O) groups is 2. The van der Waals surface area contributed by atoms with E-state index in [1.165, 1.54) is 34.7 Å². The second-order valence-electron chi connectivity index (χ2n) is 7.35. The van der Waals surface area contributed by atoms with Gasteiger partial charge in [0.25, 0.3) is 0 Å². The van der Waals surface area contributed by atoms with Crippen molar-refractivity contribution in [2.75, 3.05) is 23.0 Å². The third-order valence-electron chi connectivity index (χ3n) is 4.57. The molecule has 10 nitrogen and oxygen atoms in total. The summed E-state index contributed by atoms with van der Waals surface area (Å²) in [5, 5.41) is 17.5. The summed E-state index contributed by atoms with van der Waals surface area (Å²) in [5.74, 6) is 0.163. The van der Waals surface area contributed by atoms with Gasteiger partial charge in [0.2, 0.25) is 17.0 Å². The van der Waals surface area contributed by atoms with Crippen LogP contribution in [0, 0.1) is 0 Å². The number of nitrogens with one attached hydrogen (secondary N) is 3. The first kappa shape index (κ1) is 24.2. The van der Waals surface area contributed by atoms with Gasteiger partial charge >= 0.3 is 0 Å². The Morgan fingerprint density at radius 2 is 2.06 bits per heavy atom. The molecule has 0 aliphatic carbocycles. The fraction of sp³-hybridized carbons (Fsp3) is 0.174. The molecule has 0 spiro atoms. The van der Waals surface area contributed by atoms with Gasteiger partial charge in [-0.05, 0) is 18.2 Å². The third-order valence-corrected chi connectivity index (χ3v) is 6.30. The first-order valence-corrected chi connectivity index (χ1v) is 12.6. The average molecular weight is 509 g/mol. The second kappa shape index (κ2) is 12.0. The van der Waals surface area contributed by atoms with Crippen LogP contribution >= 0.6 is 23.1 Å². The Bertz CT molecular complexity index is 1250. The van der Waals surface area contributed by atoms with Crippen LogP contribution in [0.4, 0.5) is 10.8 Å². The molecular formula is C23H24N8O2S2. The number of benzene rings is 1. The van der Waals surface area contributed by atoms with Crippen LogP contribution in [0.5, 0.6) is 0 Å². The minimum atomic E-state index is -0.270. The first-order valence-electron chi connectivity index (χ1n) is 10.7. The molecule has 3 heterocycles. The van der Waals surface area contributed by atoms with Gasteiger partial charge in [-0.3, -0.25) is 15.0 Å². The second-order valence-corrected chi connectivity index (χ2v) is 9.15. The Morgan fingerprint density at radius 3 is 2.83 bits per heavy atom. The van der Waals surface area contributed by atoms with E-state index in [1.54, 1.807) is 12.4 Å². The number of amides is 2. The molecule has 12 heteroatoms. The van der Waals surface area contributed by atoms with Crippen molar-refractivity contribution in [2.24, 2.45) is 0 Å². The standard InChI is InChI=1S/C23H24N8O2S2/c1-17(32)29-31-20(14-19-15-34-22(26-19)25-18-8-4-2-5-9-18)27-28-23(31)35-16-21(33)24-10-13-30-11-6-3-7-12-30/h2-11,13,15H,12,14,16H2,1H3,(H,24,33)(H,25,26)(H,29,32). The average Bonchev–Trinajstić information content (AvgIpc) is 3.45. The van der Waals surface area contributed by atoms with Gasteiger partial charge in [0.05, 0.1) is 17.9 Å². The smallest absolute Gasteiger partial charge is 0.235 e. The fourth-order valence-corrected chi connectivity index (χ4v) is 4.47. The van der Waals surface area contributed by atoms with Crippen molar-refractivity contribution in [1.82, 2.24) is 30.1 Å². The van der Waals surface area contributed by atoms with Crippen LogP contribution < -0.4 is 16.1 Å². The molecule has 1 aromatic carbocycles. The number of aromatic nitrogens is 4. The molecule has 0 fully saturated rings. The number of hydrogen-bond donors (Lipinski definition) is 3. The van der Waals surface area contributed by atoms with Gasteiger partial charge in [0, 0.05) is 43.1 Å². The zero-order valence-electron chi connectivity index (χ0n) is 18.9. The van der Waals surface area contributed by atoms with E-state index >= 15 is 0 Å². The molecule has 2 aromatic heterocycles. The highest BCUT2D eigenvalue weighted by Crippen LogP contribution is 2.23. The first-order chi connectivity index (χ1) is 17.1. The fourth-order valence-electron chi connectivity index (χ4n) is 3.02. The predicted molar refractivity (Wildman–Crippen MR) is 138 cm³/mol. The number of nitrogens with zero attached hydrogens (tertiary/aromatic N) is 5. The zero-order valence-corrected chi connectivity index (χ0v) is 20.6. The van der Waals surface area contributed by atoms with Crippen molar-refractivity contribution in [3.8, 4) is 0 Å². The minimum absolute atomic E-state index is 0.111. The number of para-hydroxylation sites is 1. The van der Waals surface area contributed by atoms with Crippen molar-refractivity contribution in [3.63, 3.8) is 0 Å². The summed E-state index contributed by atoms with van der Waals surface area (Å²) in [6, 6.07) is 9.78. The number of carbonyl (C=O) groups excluding carboxylic acids is 2. The van der Waals surface area contributed by atoms with Crippen molar-refractivity contribution in [1.29, 1.82) is 0 Å². The van der Waals surface area contributed by atoms with Crippen LogP contribution in [-0.4, -0.2) is 48.9 Å². The lowest BCUT2D eigenvalue weighted by atomic mass is 10.3. The largest absolute Gasteiger partial charge is 0.349 e. The van der Waals surface area contributed by atoms with Crippen LogP contribution in [0.3, 0.4) is 0 Å². The maximum absolute atomic E-state index is 12.2. The predicted octanol–water partition coefficient (Wildman–Crippen LogP) is 3.22. The highest BCUT2D eigenvalue weighted by Gasteiger charge is 2.17. The van der Waals surface area contributed by atoms with Gasteiger partial charge in [-0.25, -0.2) is 9.66 Å². The Balaban J connectivity index is 1.35. The van der Waals surface area contributed by atoms with Crippen LogP contribution in [-0.2, 0) is 16.0 Å². The molecule has 0 saturated carbocycles. The molecule has 3 aromatic rings. The van der Waals surface area contributed by atoms with Crippen LogP contribution in [0.15, 0.2) is 77.7 Å². The summed E-state index contributed by atoms with van der Waals surface area (Å²) in [5.41, 5.74) is 4.46. The molecule has 0 atom stereocenters. The van der Waals surface area contributed by atoms with Crippen molar-refractivity contribution in [3.05, 3.63) is 84.1 Å². The van der Waals surface area contributed by atoms with Gasteiger partial charge < -0.3 is 15.5 Å². The van der Waals surface area contributed by atoms with E-state index in [2.05, 4.69) is 31.2 Å². The summed E-state index contributed by atoms with van der Waals surface area (Å²) in [7, 11) is 0. The highest BCUT2D eigenvalue weighted by molar-refractivity contribution is 7.99. The van der Waals surface area contributed by atoms with Crippen molar-refractivity contribution in [2.45, 2.75) is 18.5 Å². The normalized spacial score (nSPS) is 12.8. The maximum atomic E-state index is 12.2. The topological polar surface area (TPSA) is 117 Å². The Labute approximate surface area is 210 Å². The van der Waals surface area contributed by atoms with Gasteiger partial charge in [-0.2, -0.15) is 0 Å². The Kier molecular flexibility index (Phi) is 8.30. The van der Waals surface area contributed by atoms with E-state index in [0.717, 1.165) is 23.1 Å². The lowest BCUT2D eigenvalue weighted by molar-refractivity contribution is -0.117. The quantitative estimate of drug-likeness (QED) is 0.358. The molecule has 0 radical (unpaired) electrons. The third kappa shape index (κ3) is 7.29. The summed E-state index contributed by atoms with van der Waals surface area (Å²) >= 11 is 2.66. The lowest BCUT2D eigenvalue weighted by Gasteiger charge is -2.14. The molecular weight excluding hydrogens is 484 g/mol. The van der Waals surface area contributed by atoms with Crippen molar-refractivity contribution < 1.29 is 9.59 Å². The van der Waals surface area contributed by atoms with E-state index < -0.39 is 0 Å². The molecule has 1 aliphatic heterocycles. The summed E-state index contributed by atoms with van der Waals surface area (Å²) in [4.78, 5) is 30.6. The van der Waals surface area contributed by atoms with Crippen LogP contribution in [0.2, 0.25) is 0 Å². The number of thioether (sulfide) groups is 1. The molecule has 35 heavy (non-hydrogen) atoms. The summed E-state index contributed by atoms with van der Waals surface area (Å²) < 4.78 is 1.50. The Morgan fingerprint density at radius 1 is 1.20 bits per heavy atom. The van der Waals surface area contributed by atoms with Crippen LogP contribution in [0.1, 0.15) is 18.4 Å². The van der Waals surface area contributed by atoms with Gasteiger partial charge in [-0.1, -0.05) is 42.1 Å². The van der Waals surface area contributed by atoms with E-state index in [9.17, 15) is 9.59 Å². The number of allylic oxidation sites excluding steroid dienone is 2. The SMILES string of the molecule is CC(=O)Nn1c(Cc2csc(Nc3ccccc3)n2)nnc1SCC(=O)NC=CN1C=CC=CC1. The highest BCUT2D eigenvalue weighted by atomic mass is 32.2. The monoisotopic (exact) mass is 508 g/mol. The molecule has 1 aliphatic rings. The Hall–Kier alpha value is -3.90. The van der Waals surface area contributed by atoms with Crippen LogP contribution in [0.25, 0.3) is 0 Å². The van der Waals surface area contributed by atoms with Crippen molar-refractivity contribution >= 4 is 45.7 Å². The van der Waals surface area contributed by atoms with E-state index in [-0.39, 0.29) is 17.6 Å². The molecule has 0 saturated heterocycles. The molecule has 0 unspecified atom stereocenters. The van der Waals surface area contributed by atoms with E-state index in [1.807, 2.05) is 65.0 Å². The molecule has 0 bridgehead atoms. The maximum Gasteiger partial charge on any atom is 0.235 e. The molecule has 3 N–H and O–H groups in total. The lowest BCUT2D eigenvalue weighted by Crippen LogP contribution is -2.24. The van der Waals surface area contributed by atoms with E-state index in [4.69, 9.17) is 0 Å². The molecule has 4 rings (SSSR count). The number of rotatable bonds is 10. The number of thiazole rings is 1. The number of hydrogen-bond acceptors (Lipinski definition) is 9. The van der Waals surface area contributed by atoms with Gasteiger partial charge in [0.15, 0.2) is 11.0 Å². The summed E-state index contributed by atoms with van der Waals surface area (Å²) in [6.07, 6.45) is 11.6. The van der Waals surface area contributed by atoms with E-state index in [0.29, 0.717) is 17.4 Å². The zero-order chi connectivity index (χ0) is 24.5.